The van der Waals surface area contributed by atoms with Gasteiger partial charge in [-0.25, -0.2) is 0 Å². The van der Waals surface area contributed by atoms with Crippen molar-refractivity contribution in [2.24, 2.45) is 0 Å². The monoisotopic (exact) mass is 312 g/mol. The Hall–Kier alpha value is -2.49. The lowest BCUT2D eigenvalue weighted by Crippen LogP contribution is -2.06. The van der Waals surface area contributed by atoms with E-state index in [0.29, 0.717) is 19.6 Å². The number of fused-ring (bicyclic) bond motifs is 1. The molecule has 1 aliphatic rings. The minimum atomic E-state index is 0.216. The smallest absolute Gasteiger partial charge is 0.163 e. The summed E-state index contributed by atoms with van der Waals surface area (Å²) >= 11 is 0. The van der Waals surface area contributed by atoms with E-state index in [4.69, 9.17) is 14.2 Å². The third kappa shape index (κ3) is 3.65. The van der Waals surface area contributed by atoms with E-state index in [2.05, 4.69) is 0 Å². The van der Waals surface area contributed by atoms with E-state index in [1.807, 2.05) is 42.5 Å². The molecule has 0 N–H and O–H groups in total. The standard InChI is InChI=1S/C19H20O4/c1-21-14-6-8-15(9-7-14)22-12-3-13-23-19-5-2-4-16-17(19)10-11-18(16)20/h2,4-9H,3,10-13H2,1H3. The number of carbonyl (C=O) groups excluding carboxylic acids is 1. The molecule has 0 radical (unpaired) electrons. The summed E-state index contributed by atoms with van der Waals surface area (Å²) in [5, 5.41) is 0. The van der Waals surface area contributed by atoms with Gasteiger partial charge < -0.3 is 14.2 Å². The minimum Gasteiger partial charge on any atom is -0.497 e. The molecule has 0 atom stereocenters. The lowest BCUT2D eigenvalue weighted by atomic mass is 10.1. The van der Waals surface area contributed by atoms with E-state index < -0.39 is 0 Å². The molecular formula is C19H20O4. The lowest BCUT2D eigenvalue weighted by molar-refractivity contribution is 0.0994. The van der Waals surface area contributed by atoms with Crippen LogP contribution in [-0.2, 0) is 6.42 Å². The number of benzene rings is 2. The van der Waals surface area contributed by atoms with E-state index in [9.17, 15) is 4.79 Å². The van der Waals surface area contributed by atoms with Gasteiger partial charge in [0.15, 0.2) is 5.78 Å². The van der Waals surface area contributed by atoms with Crippen LogP contribution >= 0.6 is 0 Å². The number of ether oxygens (including phenoxy) is 3. The molecular weight excluding hydrogens is 292 g/mol. The van der Waals surface area contributed by atoms with Gasteiger partial charge in [-0.3, -0.25) is 4.79 Å². The third-order valence-electron chi connectivity index (χ3n) is 3.91. The number of rotatable bonds is 7. The van der Waals surface area contributed by atoms with E-state index in [0.717, 1.165) is 41.2 Å². The molecule has 2 aromatic rings. The van der Waals surface area contributed by atoms with Crippen LogP contribution in [0.5, 0.6) is 17.2 Å². The van der Waals surface area contributed by atoms with Crippen LogP contribution in [0, 0.1) is 0 Å². The van der Waals surface area contributed by atoms with Gasteiger partial charge in [-0.05, 0) is 36.8 Å². The highest BCUT2D eigenvalue weighted by atomic mass is 16.5. The molecule has 0 spiro atoms. The predicted octanol–water partition coefficient (Wildman–Crippen LogP) is 3.67. The molecule has 4 heteroatoms. The number of carbonyl (C=O) groups is 1. The zero-order chi connectivity index (χ0) is 16.1. The SMILES string of the molecule is COc1ccc(OCCCOc2cccc3c2CCC3=O)cc1. The average Bonchev–Trinajstić information content (AvgIpc) is 2.97. The molecule has 0 heterocycles. The second-order valence-electron chi connectivity index (χ2n) is 5.43. The molecule has 0 amide bonds. The van der Waals surface area contributed by atoms with Crippen LogP contribution < -0.4 is 14.2 Å². The van der Waals surface area contributed by atoms with Crippen LogP contribution in [0.25, 0.3) is 0 Å². The highest BCUT2D eigenvalue weighted by molar-refractivity contribution is 6.01. The Labute approximate surface area is 136 Å². The van der Waals surface area contributed by atoms with Gasteiger partial charge in [0.2, 0.25) is 0 Å². The van der Waals surface area contributed by atoms with Gasteiger partial charge in [-0.1, -0.05) is 12.1 Å². The molecule has 23 heavy (non-hydrogen) atoms. The van der Waals surface area contributed by atoms with Crippen molar-refractivity contribution in [2.45, 2.75) is 19.3 Å². The van der Waals surface area contributed by atoms with Gasteiger partial charge in [0, 0.05) is 24.0 Å². The van der Waals surface area contributed by atoms with Crippen LogP contribution in [0.4, 0.5) is 0 Å². The number of Topliss-reactive ketones (excluding diaryl/α,β-unsaturated/α-hetero) is 1. The van der Waals surface area contributed by atoms with Gasteiger partial charge in [0.05, 0.1) is 20.3 Å². The van der Waals surface area contributed by atoms with Crippen molar-refractivity contribution >= 4 is 5.78 Å². The number of methoxy groups -OCH3 is 1. The van der Waals surface area contributed by atoms with Crippen LogP contribution in [0.15, 0.2) is 42.5 Å². The number of hydrogen-bond acceptors (Lipinski definition) is 4. The van der Waals surface area contributed by atoms with Crippen molar-refractivity contribution in [1.82, 2.24) is 0 Å². The Morgan fingerprint density at radius 3 is 2.43 bits per heavy atom. The minimum absolute atomic E-state index is 0.216. The molecule has 0 saturated carbocycles. The summed E-state index contributed by atoms with van der Waals surface area (Å²) in [6.45, 7) is 1.15. The quantitative estimate of drug-likeness (QED) is 0.732. The summed E-state index contributed by atoms with van der Waals surface area (Å²) in [6, 6.07) is 13.2. The maximum Gasteiger partial charge on any atom is 0.163 e. The van der Waals surface area contributed by atoms with Gasteiger partial charge >= 0.3 is 0 Å². The first kappa shape index (κ1) is 15.4. The van der Waals surface area contributed by atoms with Gasteiger partial charge in [-0.15, -0.1) is 0 Å². The molecule has 0 aromatic heterocycles. The second-order valence-corrected chi connectivity index (χ2v) is 5.43. The van der Waals surface area contributed by atoms with Crippen molar-refractivity contribution < 1.29 is 19.0 Å². The van der Waals surface area contributed by atoms with E-state index in [1.165, 1.54) is 0 Å². The highest BCUT2D eigenvalue weighted by Gasteiger charge is 2.22. The third-order valence-corrected chi connectivity index (χ3v) is 3.91. The van der Waals surface area contributed by atoms with E-state index >= 15 is 0 Å². The first-order valence-corrected chi connectivity index (χ1v) is 7.82. The van der Waals surface area contributed by atoms with Crippen molar-refractivity contribution in [1.29, 1.82) is 0 Å². The van der Waals surface area contributed by atoms with Crippen molar-refractivity contribution in [3.8, 4) is 17.2 Å². The van der Waals surface area contributed by atoms with Crippen LogP contribution in [0.3, 0.4) is 0 Å². The van der Waals surface area contributed by atoms with Crippen molar-refractivity contribution in [3.05, 3.63) is 53.6 Å². The summed E-state index contributed by atoms with van der Waals surface area (Å²) < 4.78 is 16.6. The fraction of sp³-hybridized carbons (Fsp3) is 0.316. The largest absolute Gasteiger partial charge is 0.497 e. The van der Waals surface area contributed by atoms with Gasteiger partial charge in [0.1, 0.15) is 17.2 Å². The zero-order valence-corrected chi connectivity index (χ0v) is 13.2. The van der Waals surface area contributed by atoms with Crippen molar-refractivity contribution in [3.63, 3.8) is 0 Å². The Morgan fingerprint density at radius 1 is 0.913 bits per heavy atom. The number of hydrogen-bond donors (Lipinski definition) is 0. The summed E-state index contributed by atoms with van der Waals surface area (Å²) in [6.07, 6.45) is 2.16. The fourth-order valence-electron chi connectivity index (χ4n) is 2.70. The Kier molecular flexibility index (Phi) is 4.81. The van der Waals surface area contributed by atoms with Crippen LogP contribution in [0.1, 0.15) is 28.8 Å². The summed E-state index contributed by atoms with van der Waals surface area (Å²) in [5.74, 6) is 2.68. The Bertz CT molecular complexity index is 676. The molecule has 0 fully saturated rings. The second kappa shape index (κ2) is 7.18. The summed E-state index contributed by atoms with van der Waals surface area (Å²) in [4.78, 5) is 11.7. The summed E-state index contributed by atoms with van der Waals surface area (Å²) in [5.41, 5.74) is 1.87. The maximum absolute atomic E-state index is 11.7. The Morgan fingerprint density at radius 2 is 1.65 bits per heavy atom. The molecule has 0 aliphatic heterocycles. The van der Waals surface area contributed by atoms with Crippen LogP contribution in [0.2, 0.25) is 0 Å². The first-order valence-electron chi connectivity index (χ1n) is 7.82. The molecule has 3 rings (SSSR count). The van der Waals surface area contributed by atoms with Gasteiger partial charge in [0.25, 0.3) is 0 Å². The predicted molar refractivity (Wildman–Crippen MR) is 87.7 cm³/mol. The van der Waals surface area contributed by atoms with Gasteiger partial charge in [-0.2, -0.15) is 0 Å². The molecule has 0 unspecified atom stereocenters. The van der Waals surface area contributed by atoms with Crippen LogP contribution in [-0.4, -0.2) is 26.1 Å². The number of ketones is 1. The summed E-state index contributed by atoms with van der Waals surface area (Å²) in [7, 11) is 1.64. The van der Waals surface area contributed by atoms with E-state index in [1.54, 1.807) is 7.11 Å². The molecule has 120 valence electrons. The fourth-order valence-corrected chi connectivity index (χ4v) is 2.70. The molecule has 0 saturated heterocycles. The molecule has 1 aliphatic carbocycles. The molecule has 0 bridgehead atoms. The Balaban J connectivity index is 1.44. The maximum atomic E-state index is 11.7. The molecule has 4 nitrogen and oxygen atoms in total. The topological polar surface area (TPSA) is 44.8 Å². The highest BCUT2D eigenvalue weighted by Crippen LogP contribution is 2.30. The first-order chi connectivity index (χ1) is 11.3. The molecule has 2 aromatic carbocycles. The zero-order valence-electron chi connectivity index (χ0n) is 13.2. The normalized spacial score (nSPS) is 12.8. The lowest BCUT2D eigenvalue weighted by Gasteiger charge is -2.11. The van der Waals surface area contributed by atoms with E-state index in [-0.39, 0.29) is 5.78 Å². The average molecular weight is 312 g/mol. The van der Waals surface area contributed by atoms with Crippen molar-refractivity contribution in [2.75, 3.05) is 20.3 Å².